The third-order valence-corrected chi connectivity index (χ3v) is 3.77. The molecule has 0 aliphatic carbocycles. The molecule has 0 fully saturated rings. The van der Waals surface area contributed by atoms with Gasteiger partial charge in [-0.25, -0.2) is 0 Å². The Balaban J connectivity index is 1.68. The topological polar surface area (TPSA) is 41.1 Å². The minimum atomic E-state index is 0.0109. The molecule has 2 aromatic carbocycles. The van der Waals surface area contributed by atoms with E-state index in [0.29, 0.717) is 13.1 Å². The van der Waals surface area contributed by atoms with Crippen LogP contribution in [0.1, 0.15) is 24.1 Å². The number of benzene rings is 2. The fraction of sp³-hybridized carbons (Fsp3) is 0.278. The van der Waals surface area contributed by atoms with Crippen LogP contribution in [-0.2, 0) is 11.2 Å². The Hall–Kier alpha value is -1.84. The molecule has 0 heterocycles. The van der Waals surface area contributed by atoms with E-state index in [-0.39, 0.29) is 11.9 Å². The van der Waals surface area contributed by atoms with Gasteiger partial charge in [0.1, 0.15) is 0 Å². The highest BCUT2D eigenvalue weighted by atomic mass is 35.5. The summed E-state index contributed by atoms with van der Waals surface area (Å²) >= 11 is 5.87. The molecule has 0 aliphatic heterocycles. The standard InChI is InChI=1S/C18H21ClN2O/c1-14(16-7-9-17(19)10-8-16)21-13-18(22)20-12-11-15-5-3-2-4-6-15/h2-10,14,21H,11-13H2,1H3,(H,20,22)/t14-/m1/s1. The van der Waals surface area contributed by atoms with Crippen LogP contribution in [0.3, 0.4) is 0 Å². The maximum Gasteiger partial charge on any atom is 0.233 e. The van der Waals surface area contributed by atoms with Gasteiger partial charge < -0.3 is 10.6 Å². The Labute approximate surface area is 136 Å². The van der Waals surface area contributed by atoms with E-state index in [4.69, 9.17) is 11.6 Å². The van der Waals surface area contributed by atoms with Crippen LogP contribution >= 0.6 is 11.6 Å². The molecular formula is C18H21ClN2O. The first kappa shape index (κ1) is 16.5. The summed E-state index contributed by atoms with van der Waals surface area (Å²) in [7, 11) is 0. The number of carbonyl (C=O) groups is 1. The van der Waals surface area contributed by atoms with E-state index >= 15 is 0 Å². The highest BCUT2D eigenvalue weighted by Gasteiger charge is 2.07. The highest BCUT2D eigenvalue weighted by molar-refractivity contribution is 6.30. The van der Waals surface area contributed by atoms with E-state index in [1.807, 2.05) is 49.4 Å². The fourth-order valence-corrected chi connectivity index (χ4v) is 2.29. The molecule has 0 bridgehead atoms. The van der Waals surface area contributed by atoms with Gasteiger partial charge in [0, 0.05) is 17.6 Å². The number of hydrogen-bond donors (Lipinski definition) is 2. The largest absolute Gasteiger partial charge is 0.355 e. The summed E-state index contributed by atoms with van der Waals surface area (Å²) in [5, 5.41) is 6.85. The zero-order chi connectivity index (χ0) is 15.8. The maximum atomic E-state index is 11.8. The lowest BCUT2D eigenvalue weighted by molar-refractivity contribution is -0.120. The molecule has 2 aromatic rings. The molecule has 0 spiro atoms. The van der Waals surface area contributed by atoms with Gasteiger partial charge in [0.15, 0.2) is 0 Å². The lowest BCUT2D eigenvalue weighted by Crippen LogP contribution is -2.36. The van der Waals surface area contributed by atoms with Crippen molar-refractivity contribution in [3.8, 4) is 0 Å². The summed E-state index contributed by atoms with van der Waals surface area (Å²) in [5.41, 5.74) is 2.34. The van der Waals surface area contributed by atoms with Crippen molar-refractivity contribution in [1.82, 2.24) is 10.6 Å². The van der Waals surface area contributed by atoms with E-state index in [1.165, 1.54) is 5.56 Å². The Morgan fingerprint density at radius 2 is 1.77 bits per heavy atom. The maximum absolute atomic E-state index is 11.8. The summed E-state index contributed by atoms with van der Waals surface area (Å²) in [6, 6.07) is 17.9. The summed E-state index contributed by atoms with van der Waals surface area (Å²) in [4.78, 5) is 11.8. The van der Waals surface area contributed by atoms with Crippen LogP contribution in [0.25, 0.3) is 0 Å². The van der Waals surface area contributed by atoms with Gasteiger partial charge in [0.05, 0.1) is 6.54 Å². The van der Waals surface area contributed by atoms with Gasteiger partial charge in [0.2, 0.25) is 5.91 Å². The van der Waals surface area contributed by atoms with E-state index in [0.717, 1.165) is 17.0 Å². The predicted octanol–water partition coefficient (Wildman–Crippen LogP) is 3.35. The number of amides is 1. The number of rotatable bonds is 7. The number of carbonyl (C=O) groups excluding carboxylic acids is 1. The van der Waals surface area contributed by atoms with Gasteiger partial charge in [0.25, 0.3) is 0 Å². The second-order valence-electron chi connectivity index (χ2n) is 5.24. The molecule has 116 valence electrons. The number of halogens is 1. The molecule has 2 rings (SSSR count). The monoisotopic (exact) mass is 316 g/mol. The highest BCUT2D eigenvalue weighted by Crippen LogP contribution is 2.15. The van der Waals surface area contributed by atoms with Gasteiger partial charge in [-0.15, -0.1) is 0 Å². The van der Waals surface area contributed by atoms with Gasteiger partial charge in [-0.3, -0.25) is 4.79 Å². The first-order chi connectivity index (χ1) is 10.6. The Morgan fingerprint density at radius 3 is 2.45 bits per heavy atom. The smallest absolute Gasteiger partial charge is 0.233 e. The first-order valence-corrected chi connectivity index (χ1v) is 7.82. The van der Waals surface area contributed by atoms with E-state index in [1.54, 1.807) is 0 Å². The SMILES string of the molecule is C[C@@H](NCC(=O)NCCc1ccccc1)c1ccc(Cl)cc1. The molecule has 22 heavy (non-hydrogen) atoms. The second kappa shape index (κ2) is 8.57. The lowest BCUT2D eigenvalue weighted by atomic mass is 10.1. The van der Waals surface area contributed by atoms with Crippen molar-refractivity contribution in [2.75, 3.05) is 13.1 Å². The van der Waals surface area contributed by atoms with Crippen LogP contribution < -0.4 is 10.6 Å². The molecule has 0 radical (unpaired) electrons. The van der Waals surface area contributed by atoms with Crippen LogP contribution in [0.5, 0.6) is 0 Å². The van der Waals surface area contributed by atoms with Crippen LogP contribution in [-0.4, -0.2) is 19.0 Å². The zero-order valence-corrected chi connectivity index (χ0v) is 13.4. The third-order valence-electron chi connectivity index (χ3n) is 3.52. The molecule has 4 heteroatoms. The Kier molecular flexibility index (Phi) is 6.44. The number of nitrogens with one attached hydrogen (secondary N) is 2. The van der Waals surface area contributed by atoms with Crippen molar-refractivity contribution >= 4 is 17.5 Å². The van der Waals surface area contributed by atoms with Gasteiger partial charge >= 0.3 is 0 Å². The molecule has 0 aliphatic rings. The minimum absolute atomic E-state index is 0.0109. The van der Waals surface area contributed by atoms with Crippen molar-refractivity contribution in [3.05, 3.63) is 70.7 Å². The molecule has 0 saturated heterocycles. The van der Waals surface area contributed by atoms with E-state index in [2.05, 4.69) is 22.8 Å². The average Bonchev–Trinajstić information content (AvgIpc) is 2.54. The summed E-state index contributed by atoms with van der Waals surface area (Å²) < 4.78 is 0. The molecule has 1 atom stereocenters. The van der Waals surface area contributed by atoms with Crippen LogP contribution in [0.4, 0.5) is 0 Å². The number of hydrogen-bond acceptors (Lipinski definition) is 2. The molecule has 0 aromatic heterocycles. The quantitative estimate of drug-likeness (QED) is 0.822. The molecule has 0 unspecified atom stereocenters. The van der Waals surface area contributed by atoms with Crippen molar-refractivity contribution in [2.45, 2.75) is 19.4 Å². The van der Waals surface area contributed by atoms with E-state index < -0.39 is 0 Å². The fourth-order valence-electron chi connectivity index (χ4n) is 2.17. The van der Waals surface area contributed by atoms with E-state index in [9.17, 15) is 4.79 Å². The van der Waals surface area contributed by atoms with Crippen LogP contribution in [0.2, 0.25) is 5.02 Å². The zero-order valence-electron chi connectivity index (χ0n) is 12.7. The predicted molar refractivity (Wildman–Crippen MR) is 91.0 cm³/mol. The summed E-state index contributed by atoms with van der Waals surface area (Å²) in [6.07, 6.45) is 0.847. The van der Waals surface area contributed by atoms with Crippen molar-refractivity contribution < 1.29 is 4.79 Å². The molecule has 2 N–H and O–H groups in total. The first-order valence-electron chi connectivity index (χ1n) is 7.44. The Bertz CT molecular complexity index is 584. The van der Waals surface area contributed by atoms with Crippen molar-refractivity contribution in [3.63, 3.8) is 0 Å². The summed E-state index contributed by atoms with van der Waals surface area (Å²) in [6.45, 7) is 2.99. The second-order valence-corrected chi connectivity index (χ2v) is 5.68. The normalized spacial score (nSPS) is 11.9. The Morgan fingerprint density at radius 1 is 1.09 bits per heavy atom. The molecule has 3 nitrogen and oxygen atoms in total. The van der Waals surface area contributed by atoms with Crippen LogP contribution in [0, 0.1) is 0 Å². The van der Waals surface area contributed by atoms with Gasteiger partial charge in [-0.2, -0.15) is 0 Å². The van der Waals surface area contributed by atoms with Gasteiger partial charge in [-0.05, 0) is 36.6 Å². The van der Waals surface area contributed by atoms with Gasteiger partial charge in [-0.1, -0.05) is 54.1 Å². The molecule has 1 amide bonds. The molecular weight excluding hydrogens is 296 g/mol. The van der Waals surface area contributed by atoms with Crippen LogP contribution in [0.15, 0.2) is 54.6 Å². The van der Waals surface area contributed by atoms with Crippen molar-refractivity contribution in [2.24, 2.45) is 0 Å². The minimum Gasteiger partial charge on any atom is -0.355 e. The average molecular weight is 317 g/mol. The summed E-state index contributed by atoms with van der Waals surface area (Å²) in [5.74, 6) is 0.0109. The molecule has 0 saturated carbocycles. The lowest BCUT2D eigenvalue weighted by Gasteiger charge is -2.14. The third kappa shape index (κ3) is 5.51. The van der Waals surface area contributed by atoms with Crippen molar-refractivity contribution in [1.29, 1.82) is 0 Å².